The Kier molecular flexibility index (Phi) is 3.04. The van der Waals surface area contributed by atoms with Gasteiger partial charge in [-0.15, -0.1) is 0 Å². The third kappa shape index (κ3) is 2.25. The van der Waals surface area contributed by atoms with Crippen LogP contribution in [0, 0.1) is 5.41 Å². The van der Waals surface area contributed by atoms with E-state index in [0.29, 0.717) is 16.9 Å². The summed E-state index contributed by atoms with van der Waals surface area (Å²) in [5.41, 5.74) is 1.42. The Balaban J connectivity index is 1.55. The maximum Gasteiger partial charge on any atom is 0.227 e. The summed E-state index contributed by atoms with van der Waals surface area (Å²) in [7, 11) is 0. The Hall–Kier alpha value is -1.06. The molecule has 0 radical (unpaired) electrons. The van der Waals surface area contributed by atoms with Gasteiger partial charge < -0.3 is 10.2 Å². The fourth-order valence-electron chi connectivity index (χ4n) is 2.89. The van der Waals surface area contributed by atoms with Gasteiger partial charge in [-0.05, 0) is 30.7 Å². The third-order valence-corrected chi connectivity index (χ3v) is 4.26. The molecule has 1 amide bonds. The van der Waals surface area contributed by atoms with E-state index in [1.807, 2.05) is 29.2 Å². The van der Waals surface area contributed by atoms with E-state index in [4.69, 9.17) is 11.6 Å². The van der Waals surface area contributed by atoms with Gasteiger partial charge in [0.15, 0.2) is 0 Å². The molecule has 3 rings (SSSR count). The molecule has 1 N–H and O–H groups in total. The van der Waals surface area contributed by atoms with E-state index in [2.05, 4.69) is 5.32 Å². The predicted octanol–water partition coefficient (Wildman–Crippen LogP) is 1.70. The van der Waals surface area contributed by atoms with Crippen molar-refractivity contribution in [2.24, 2.45) is 5.41 Å². The summed E-state index contributed by atoms with van der Waals surface area (Å²) < 4.78 is 0. The lowest BCUT2D eigenvalue weighted by Crippen LogP contribution is -2.59. The fourth-order valence-corrected chi connectivity index (χ4v) is 3.02. The van der Waals surface area contributed by atoms with Crippen molar-refractivity contribution in [3.8, 4) is 0 Å². The molecule has 2 aliphatic heterocycles. The van der Waals surface area contributed by atoms with Gasteiger partial charge in [-0.1, -0.05) is 23.7 Å². The van der Waals surface area contributed by atoms with Gasteiger partial charge in [0, 0.05) is 30.1 Å². The van der Waals surface area contributed by atoms with Crippen LogP contribution in [-0.4, -0.2) is 37.0 Å². The number of halogens is 1. The maximum atomic E-state index is 12.1. The van der Waals surface area contributed by atoms with E-state index in [0.717, 1.165) is 31.7 Å². The number of hydrogen-bond acceptors (Lipinski definition) is 2. The first-order valence-corrected chi connectivity index (χ1v) is 6.78. The monoisotopic (exact) mass is 264 g/mol. The Labute approximate surface area is 112 Å². The largest absolute Gasteiger partial charge is 0.341 e. The zero-order valence-electron chi connectivity index (χ0n) is 10.3. The average Bonchev–Trinajstić information content (AvgIpc) is 2.79. The van der Waals surface area contributed by atoms with Crippen LogP contribution in [0.4, 0.5) is 0 Å². The molecule has 4 heteroatoms. The second kappa shape index (κ2) is 4.56. The van der Waals surface area contributed by atoms with Crippen LogP contribution in [0.25, 0.3) is 0 Å². The normalized spacial score (nSPS) is 21.1. The molecule has 0 saturated carbocycles. The quantitative estimate of drug-likeness (QED) is 0.882. The fraction of sp³-hybridized carbons (Fsp3) is 0.500. The number of likely N-dealkylation sites (tertiary alicyclic amines) is 1. The van der Waals surface area contributed by atoms with Crippen molar-refractivity contribution in [2.75, 3.05) is 26.2 Å². The van der Waals surface area contributed by atoms with Gasteiger partial charge in [0.05, 0.1) is 6.42 Å². The van der Waals surface area contributed by atoms with Gasteiger partial charge in [-0.25, -0.2) is 0 Å². The number of amides is 1. The molecule has 1 aromatic carbocycles. The topological polar surface area (TPSA) is 32.3 Å². The summed E-state index contributed by atoms with van der Waals surface area (Å²) in [5, 5.41) is 4.09. The van der Waals surface area contributed by atoms with E-state index in [1.54, 1.807) is 0 Å². The van der Waals surface area contributed by atoms with Gasteiger partial charge >= 0.3 is 0 Å². The lowest BCUT2D eigenvalue weighted by Gasteiger charge is -2.47. The Bertz CT molecular complexity index is 443. The Morgan fingerprint density at radius 3 is 2.67 bits per heavy atom. The molecule has 1 spiro atoms. The van der Waals surface area contributed by atoms with Crippen LogP contribution in [-0.2, 0) is 11.2 Å². The minimum absolute atomic E-state index is 0.231. The first-order chi connectivity index (χ1) is 8.67. The predicted molar refractivity (Wildman–Crippen MR) is 71.7 cm³/mol. The molecule has 2 saturated heterocycles. The molecule has 1 aromatic rings. The highest BCUT2D eigenvalue weighted by Crippen LogP contribution is 2.36. The summed E-state index contributed by atoms with van der Waals surface area (Å²) >= 11 is 5.83. The lowest BCUT2D eigenvalue weighted by atomic mass is 9.79. The standard InChI is InChI=1S/C14H17ClN2O/c15-12-3-1-11(2-4-12)7-13(18)17-9-14(10-17)5-6-16-8-14/h1-4,16H,5-10H2. The van der Waals surface area contributed by atoms with E-state index in [9.17, 15) is 4.79 Å². The van der Waals surface area contributed by atoms with Gasteiger partial charge in [-0.2, -0.15) is 0 Å². The molecule has 0 aromatic heterocycles. The van der Waals surface area contributed by atoms with E-state index >= 15 is 0 Å². The lowest BCUT2D eigenvalue weighted by molar-refractivity contribution is -0.141. The average molecular weight is 265 g/mol. The summed E-state index contributed by atoms with van der Waals surface area (Å²) in [5.74, 6) is 0.231. The maximum absolute atomic E-state index is 12.1. The van der Waals surface area contributed by atoms with Crippen LogP contribution in [0.3, 0.4) is 0 Å². The van der Waals surface area contributed by atoms with Crippen LogP contribution in [0.1, 0.15) is 12.0 Å². The van der Waals surface area contributed by atoms with Crippen LogP contribution >= 0.6 is 11.6 Å². The van der Waals surface area contributed by atoms with Crippen molar-refractivity contribution in [1.29, 1.82) is 0 Å². The molecule has 2 heterocycles. The van der Waals surface area contributed by atoms with Crippen LogP contribution in [0.2, 0.25) is 5.02 Å². The summed E-state index contributed by atoms with van der Waals surface area (Å²) in [6.45, 7) is 4.01. The number of carbonyl (C=O) groups excluding carboxylic acids is 1. The molecule has 3 nitrogen and oxygen atoms in total. The van der Waals surface area contributed by atoms with Gasteiger partial charge in [0.1, 0.15) is 0 Å². The third-order valence-electron chi connectivity index (χ3n) is 4.01. The molecule has 96 valence electrons. The minimum Gasteiger partial charge on any atom is -0.341 e. The van der Waals surface area contributed by atoms with E-state index in [-0.39, 0.29) is 5.91 Å². The molecule has 0 aliphatic carbocycles. The highest BCUT2D eigenvalue weighted by Gasteiger charge is 2.46. The highest BCUT2D eigenvalue weighted by atomic mass is 35.5. The van der Waals surface area contributed by atoms with Crippen LogP contribution in [0.5, 0.6) is 0 Å². The van der Waals surface area contributed by atoms with Crippen molar-refractivity contribution in [3.63, 3.8) is 0 Å². The minimum atomic E-state index is 0.231. The summed E-state index contributed by atoms with van der Waals surface area (Å²) in [6, 6.07) is 7.52. The van der Waals surface area contributed by atoms with Gasteiger partial charge in [0.25, 0.3) is 0 Å². The van der Waals surface area contributed by atoms with E-state index in [1.165, 1.54) is 6.42 Å². The molecule has 0 bridgehead atoms. The van der Waals surface area contributed by atoms with Crippen molar-refractivity contribution in [3.05, 3.63) is 34.9 Å². The zero-order valence-corrected chi connectivity index (χ0v) is 11.0. The number of nitrogens with zero attached hydrogens (tertiary/aromatic N) is 1. The van der Waals surface area contributed by atoms with E-state index < -0.39 is 0 Å². The number of rotatable bonds is 2. The Morgan fingerprint density at radius 2 is 2.06 bits per heavy atom. The van der Waals surface area contributed by atoms with Crippen molar-refractivity contribution >= 4 is 17.5 Å². The first-order valence-electron chi connectivity index (χ1n) is 6.40. The smallest absolute Gasteiger partial charge is 0.227 e. The molecule has 2 fully saturated rings. The summed E-state index contributed by atoms with van der Waals surface area (Å²) in [4.78, 5) is 14.1. The SMILES string of the molecule is O=C(Cc1ccc(Cl)cc1)N1CC2(CCNC2)C1. The zero-order chi connectivity index (χ0) is 12.6. The number of nitrogens with one attached hydrogen (secondary N) is 1. The molecular weight excluding hydrogens is 248 g/mol. The second-order valence-corrected chi connectivity index (χ2v) is 5.92. The molecular formula is C14H17ClN2O. The molecule has 0 unspecified atom stereocenters. The van der Waals surface area contributed by atoms with Crippen LogP contribution < -0.4 is 5.32 Å². The van der Waals surface area contributed by atoms with Crippen LogP contribution in [0.15, 0.2) is 24.3 Å². The summed E-state index contributed by atoms with van der Waals surface area (Å²) in [6.07, 6.45) is 1.69. The van der Waals surface area contributed by atoms with Gasteiger partial charge in [-0.3, -0.25) is 4.79 Å². The van der Waals surface area contributed by atoms with Gasteiger partial charge in [0.2, 0.25) is 5.91 Å². The molecule has 0 atom stereocenters. The first kappa shape index (κ1) is 12.0. The highest BCUT2D eigenvalue weighted by molar-refractivity contribution is 6.30. The van der Waals surface area contributed by atoms with Crippen molar-refractivity contribution < 1.29 is 4.79 Å². The molecule has 18 heavy (non-hydrogen) atoms. The van der Waals surface area contributed by atoms with Crippen molar-refractivity contribution in [2.45, 2.75) is 12.8 Å². The number of hydrogen-bond donors (Lipinski definition) is 1. The van der Waals surface area contributed by atoms with Crippen molar-refractivity contribution in [1.82, 2.24) is 10.2 Å². The number of benzene rings is 1. The number of carbonyl (C=O) groups is 1. The second-order valence-electron chi connectivity index (χ2n) is 5.48. The molecule has 2 aliphatic rings. The Morgan fingerprint density at radius 1 is 1.33 bits per heavy atom.